The van der Waals surface area contributed by atoms with Crippen LogP contribution in [0.4, 0.5) is 0 Å². The lowest BCUT2D eigenvalue weighted by Gasteiger charge is -2.64. The average Bonchev–Trinajstić information content (AvgIpc) is 2.29. The number of aliphatic hydroxyl groups is 1. The molecular weight excluding hydrogens is 250 g/mol. The van der Waals surface area contributed by atoms with Crippen LogP contribution in [0.3, 0.4) is 0 Å². The number of carbonyl (C=O) groups is 1. The third kappa shape index (κ3) is 2.38. The summed E-state index contributed by atoms with van der Waals surface area (Å²) in [5, 5.41) is 12.0. The second-order valence-corrected chi connectivity index (χ2v) is 8.60. The van der Waals surface area contributed by atoms with Gasteiger partial charge in [-0.15, -0.1) is 0 Å². The molecule has 0 saturated heterocycles. The van der Waals surface area contributed by atoms with Gasteiger partial charge in [0.1, 0.15) is 0 Å². The fourth-order valence-electron chi connectivity index (χ4n) is 6.33. The maximum absolute atomic E-state index is 12.8. The van der Waals surface area contributed by atoms with Crippen molar-refractivity contribution < 1.29 is 9.90 Å². The monoisotopic (exact) mass is 279 g/mol. The van der Waals surface area contributed by atoms with Crippen LogP contribution in [0.25, 0.3) is 0 Å². The van der Waals surface area contributed by atoms with Gasteiger partial charge in [-0.25, -0.2) is 0 Å². The number of carbonyl (C=O) groups excluding carboxylic acids is 1. The largest absolute Gasteiger partial charge is 0.396 e. The molecule has 2 atom stereocenters. The van der Waals surface area contributed by atoms with Crippen LogP contribution >= 0.6 is 0 Å². The minimum Gasteiger partial charge on any atom is -0.396 e. The van der Waals surface area contributed by atoms with Gasteiger partial charge in [0, 0.05) is 13.2 Å². The molecule has 3 nitrogen and oxygen atoms in total. The second-order valence-electron chi connectivity index (χ2n) is 8.60. The zero-order valence-electron chi connectivity index (χ0n) is 13.0. The standard InChI is InChI=1S/C17H29NO2/c1-15-7-13-8-16(2,10-15)12-17(9-13,11-15)14(20)18-5-3-4-6-19/h13,19H,3-12H2,1-2H3,(H,18,20). The van der Waals surface area contributed by atoms with Crippen LogP contribution in [0, 0.1) is 22.2 Å². The van der Waals surface area contributed by atoms with Crippen molar-refractivity contribution in [1.82, 2.24) is 5.32 Å². The molecule has 0 aliphatic heterocycles. The predicted octanol–water partition coefficient (Wildman–Crippen LogP) is 2.87. The minimum absolute atomic E-state index is 0.0812. The SMILES string of the molecule is CC12CC3CC(C)(C1)CC(C(=O)NCCCCO)(C3)C2. The summed E-state index contributed by atoms with van der Waals surface area (Å²) >= 11 is 0. The van der Waals surface area contributed by atoms with Gasteiger partial charge in [0.15, 0.2) is 0 Å². The molecule has 0 aromatic rings. The molecule has 0 aromatic heterocycles. The first-order valence-corrected chi connectivity index (χ1v) is 8.28. The molecule has 2 N–H and O–H groups in total. The third-order valence-electron chi connectivity index (χ3n) is 5.98. The molecule has 0 aromatic carbocycles. The maximum atomic E-state index is 12.8. The first-order valence-electron chi connectivity index (χ1n) is 8.28. The van der Waals surface area contributed by atoms with Gasteiger partial charge >= 0.3 is 0 Å². The van der Waals surface area contributed by atoms with Gasteiger partial charge in [0.2, 0.25) is 5.91 Å². The van der Waals surface area contributed by atoms with Gasteiger partial charge in [0.25, 0.3) is 0 Å². The summed E-state index contributed by atoms with van der Waals surface area (Å²) in [4.78, 5) is 12.8. The number of amides is 1. The first kappa shape index (κ1) is 14.4. The van der Waals surface area contributed by atoms with Crippen molar-refractivity contribution in [2.45, 2.75) is 65.2 Å². The predicted molar refractivity (Wildman–Crippen MR) is 79.2 cm³/mol. The van der Waals surface area contributed by atoms with E-state index in [1.807, 2.05) is 0 Å². The van der Waals surface area contributed by atoms with Gasteiger partial charge in [-0.2, -0.15) is 0 Å². The second kappa shape index (κ2) is 4.72. The van der Waals surface area contributed by atoms with Crippen molar-refractivity contribution in [2.24, 2.45) is 22.2 Å². The smallest absolute Gasteiger partial charge is 0.226 e. The summed E-state index contributed by atoms with van der Waals surface area (Å²) < 4.78 is 0. The Morgan fingerprint density at radius 3 is 2.30 bits per heavy atom. The Hall–Kier alpha value is -0.570. The first-order chi connectivity index (χ1) is 9.39. The molecule has 4 fully saturated rings. The summed E-state index contributed by atoms with van der Waals surface area (Å²) in [7, 11) is 0. The van der Waals surface area contributed by atoms with E-state index in [0.29, 0.717) is 16.7 Å². The van der Waals surface area contributed by atoms with E-state index in [-0.39, 0.29) is 12.0 Å². The van der Waals surface area contributed by atoms with Crippen molar-refractivity contribution in [3.8, 4) is 0 Å². The van der Waals surface area contributed by atoms with E-state index in [4.69, 9.17) is 5.11 Å². The van der Waals surface area contributed by atoms with E-state index in [9.17, 15) is 4.79 Å². The van der Waals surface area contributed by atoms with Gasteiger partial charge in [0.05, 0.1) is 5.41 Å². The van der Waals surface area contributed by atoms with E-state index in [2.05, 4.69) is 19.2 Å². The summed E-state index contributed by atoms with van der Waals surface area (Å²) in [6.07, 6.45) is 8.96. The highest BCUT2D eigenvalue weighted by atomic mass is 16.2. The lowest BCUT2D eigenvalue weighted by molar-refractivity contribution is -0.170. The molecule has 2 unspecified atom stereocenters. The molecule has 4 aliphatic carbocycles. The molecule has 0 heterocycles. The lowest BCUT2D eigenvalue weighted by Crippen LogP contribution is -2.59. The highest BCUT2D eigenvalue weighted by Crippen LogP contribution is 2.69. The number of rotatable bonds is 5. The molecule has 4 aliphatic rings. The van der Waals surface area contributed by atoms with Crippen LogP contribution in [-0.2, 0) is 4.79 Å². The Kier molecular flexibility index (Phi) is 3.39. The van der Waals surface area contributed by atoms with Gasteiger partial charge in [-0.1, -0.05) is 13.8 Å². The molecule has 1 amide bonds. The zero-order chi connectivity index (χ0) is 14.4. The molecule has 4 rings (SSSR count). The van der Waals surface area contributed by atoms with Crippen molar-refractivity contribution >= 4 is 5.91 Å². The average molecular weight is 279 g/mol. The number of unbranched alkanes of at least 4 members (excludes halogenated alkanes) is 1. The van der Waals surface area contributed by atoms with E-state index < -0.39 is 0 Å². The van der Waals surface area contributed by atoms with E-state index in [1.165, 1.54) is 19.3 Å². The molecule has 4 saturated carbocycles. The fraction of sp³-hybridized carbons (Fsp3) is 0.941. The molecule has 20 heavy (non-hydrogen) atoms. The maximum Gasteiger partial charge on any atom is 0.226 e. The quantitative estimate of drug-likeness (QED) is 0.760. The summed E-state index contributed by atoms with van der Waals surface area (Å²) in [5.41, 5.74) is 0.718. The number of hydrogen-bond acceptors (Lipinski definition) is 2. The Balaban J connectivity index is 1.70. The van der Waals surface area contributed by atoms with Gasteiger partial charge in [-0.05, 0) is 68.1 Å². The van der Waals surface area contributed by atoms with E-state index >= 15 is 0 Å². The van der Waals surface area contributed by atoms with Crippen molar-refractivity contribution in [3.05, 3.63) is 0 Å². The van der Waals surface area contributed by atoms with Crippen LogP contribution in [0.15, 0.2) is 0 Å². The minimum atomic E-state index is -0.0812. The number of aliphatic hydroxyl groups excluding tert-OH is 1. The number of hydrogen-bond donors (Lipinski definition) is 2. The fourth-order valence-corrected chi connectivity index (χ4v) is 6.33. The summed E-state index contributed by atoms with van der Waals surface area (Å²) in [6, 6.07) is 0. The van der Waals surface area contributed by atoms with Crippen LogP contribution in [0.2, 0.25) is 0 Å². The topological polar surface area (TPSA) is 49.3 Å². The molecule has 114 valence electrons. The van der Waals surface area contributed by atoms with Crippen LogP contribution < -0.4 is 5.32 Å². The molecule has 0 radical (unpaired) electrons. The lowest BCUT2D eigenvalue weighted by atomic mass is 9.40. The Morgan fingerprint density at radius 2 is 1.75 bits per heavy atom. The third-order valence-corrected chi connectivity index (χ3v) is 5.98. The molecule has 0 spiro atoms. The Bertz CT molecular complexity index is 388. The number of nitrogens with one attached hydrogen (secondary N) is 1. The van der Waals surface area contributed by atoms with E-state index in [1.54, 1.807) is 0 Å². The Labute approximate surface area is 122 Å². The van der Waals surface area contributed by atoms with Crippen LogP contribution in [0.1, 0.15) is 65.2 Å². The van der Waals surface area contributed by atoms with Crippen LogP contribution in [-0.4, -0.2) is 24.2 Å². The highest BCUT2D eigenvalue weighted by molar-refractivity contribution is 5.83. The molecule has 3 heteroatoms. The Morgan fingerprint density at radius 1 is 1.10 bits per heavy atom. The summed E-state index contributed by atoms with van der Waals surface area (Å²) in [5.74, 6) is 1.07. The van der Waals surface area contributed by atoms with Crippen LogP contribution in [0.5, 0.6) is 0 Å². The summed E-state index contributed by atoms with van der Waals surface area (Å²) in [6.45, 7) is 5.76. The zero-order valence-corrected chi connectivity index (χ0v) is 13.0. The van der Waals surface area contributed by atoms with E-state index in [0.717, 1.165) is 44.6 Å². The van der Waals surface area contributed by atoms with Crippen molar-refractivity contribution in [2.75, 3.05) is 13.2 Å². The van der Waals surface area contributed by atoms with Gasteiger partial charge < -0.3 is 10.4 Å². The van der Waals surface area contributed by atoms with Crippen molar-refractivity contribution in [1.29, 1.82) is 0 Å². The molecular formula is C17H29NO2. The molecule has 4 bridgehead atoms. The van der Waals surface area contributed by atoms with Gasteiger partial charge in [-0.3, -0.25) is 4.79 Å². The van der Waals surface area contributed by atoms with Crippen molar-refractivity contribution in [3.63, 3.8) is 0 Å². The highest BCUT2D eigenvalue weighted by Gasteiger charge is 2.62. The normalized spacial score (nSPS) is 45.6.